The predicted octanol–water partition coefficient (Wildman–Crippen LogP) is 4.81. The number of fused-ring (bicyclic) bond motifs is 1. The number of non-ortho nitro benzene ring substituents is 1. The lowest BCUT2D eigenvalue weighted by atomic mass is 9.67. The molecule has 1 fully saturated rings. The van der Waals surface area contributed by atoms with E-state index in [2.05, 4.69) is 17.1 Å². The van der Waals surface area contributed by atoms with Gasteiger partial charge in [0, 0.05) is 30.8 Å². The highest BCUT2D eigenvalue weighted by Gasteiger charge is 2.62. The van der Waals surface area contributed by atoms with Gasteiger partial charge in [-0.2, -0.15) is 0 Å². The summed E-state index contributed by atoms with van der Waals surface area (Å²) in [7, 11) is 0. The first-order chi connectivity index (χ1) is 17.1. The molecule has 9 heteroatoms. The van der Waals surface area contributed by atoms with E-state index in [0.717, 1.165) is 41.0 Å². The second kappa shape index (κ2) is 9.72. The van der Waals surface area contributed by atoms with Crippen molar-refractivity contribution in [3.05, 3.63) is 63.2 Å². The molecule has 0 bridgehead atoms. The monoisotopic (exact) mass is 492 g/mol. The van der Waals surface area contributed by atoms with Gasteiger partial charge in [0.15, 0.2) is 5.41 Å². The Balaban J connectivity index is 1.93. The fourth-order valence-electron chi connectivity index (χ4n) is 5.62. The molecular weight excluding hydrogens is 460 g/mol. The van der Waals surface area contributed by atoms with E-state index in [1.807, 2.05) is 32.9 Å². The van der Waals surface area contributed by atoms with Crippen molar-refractivity contribution in [1.82, 2.24) is 5.32 Å². The molecule has 0 aliphatic carbocycles. The molecule has 2 aliphatic rings. The molecule has 1 spiro atoms. The molecule has 1 saturated heterocycles. The second-order valence-corrected chi connectivity index (χ2v) is 9.76. The summed E-state index contributed by atoms with van der Waals surface area (Å²) in [5.41, 5.74) is 1.82. The molecule has 2 aliphatic heterocycles. The molecule has 36 heavy (non-hydrogen) atoms. The van der Waals surface area contributed by atoms with Gasteiger partial charge < -0.3 is 4.90 Å². The number of rotatable bonds is 7. The van der Waals surface area contributed by atoms with E-state index in [-0.39, 0.29) is 12.1 Å². The summed E-state index contributed by atoms with van der Waals surface area (Å²) >= 11 is 0. The number of carbonyl (C=O) groups is 3. The van der Waals surface area contributed by atoms with Gasteiger partial charge in [-0.1, -0.05) is 44.4 Å². The first-order valence-electron chi connectivity index (χ1n) is 12.5. The van der Waals surface area contributed by atoms with Gasteiger partial charge in [-0.15, -0.1) is 0 Å². The predicted molar refractivity (Wildman–Crippen MR) is 137 cm³/mol. The molecule has 0 radical (unpaired) electrons. The highest BCUT2D eigenvalue weighted by atomic mass is 16.6. The van der Waals surface area contributed by atoms with Crippen LogP contribution in [0.25, 0.3) is 0 Å². The fourth-order valence-corrected chi connectivity index (χ4v) is 5.62. The lowest BCUT2D eigenvalue weighted by Crippen LogP contribution is -2.72. The molecule has 9 nitrogen and oxygen atoms in total. The van der Waals surface area contributed by atoms with Crippen LogP contribution in [0.2, 0.25) is 0 Å². The van der Waals surface area contributed by atoms with Crippen molar-refractivity contribution in [3.8, 4) is 0 Å². The number of carbonyl (C=O) groups excluding carboxylic acids is 3. The number of imide groups is 2. The summed E-state index contributed by atoms with van der Waals surface area (Å²) in [6.45, 7) is 8.39. The van der Waals surface area contributed by atoms with E-state index >= 15 is 0 Å². The Labute approximate surface area is 210 Å². The van der Waals surface area contributed by atoms with Crippen LogP contribution in [0.15, 0.2) is 36.4 Å². The molecule has 190 valence electrons. The quantitative estimate of drug-likeness (QED) is 0.337. The van der Waals surface area contributed by atoms with Crippen LogP contribution in [0.3, 0.4) is 0 Å². The lowest BCUT2D eigenvalue weighted by Gasteiger charge is -2.52. The zero-order valence-corrected chi connectivity index (χ0v) is 21.2. The SMILES string of the molecule is CCCCN1c2ccc([N+](=O)[O-])cc2CC2(C(=O)NC(=O)N(c3ccc(C)cc3C)C2=O)C1CCC. The van der Waals surface area contributed by atoms with Crippen molar-refractivity contribution < 1.29 is 19.3 Å². The first-order valence-corrected chi connectivity index (χ1v) is 12.5. The van der Waals surface area contributed by atoms with Gasteiger partial charge in [0.1, 0.15) is 0 Å². The maximum Gasteiger partial charge on any atom is 0.335 e. The Kier molecular flexibility index (Phi) is 6.84. The molecule has 0 saturated carbocycles. The van der Waals surface area contributed by atoms with Gasteiger partial charge in [0.05, 0.1) is 16.7 Å². The van der Waals surface area contributed by atoms with Crippen molar-refractivity contribution in [2.75, 3.05) is 16.3 Å². The van der Waals surface area contributed by atoms with Gasteiger partial charge in [0.2, 0.25) is 5.91 Å². The van der Waals surface area contributed by atoms with E-state index in [4.69, 9.17) is 0 Å². The topological polar surface area (TPSA) is 113 Å². The first kappa shape index (κ1) is 25.3. The number of amides is 4. The molecule has 2 aromatic rings. The summed E-state index contributed by atoms with van der Waals surface area (Å²) in [6, 6.07) is 8.79. The number of urea groups is 1. The van der Waals surface area contributed by atoms with Crippen LogP contribution >= 0.6 is 0 Å². The summed E-state index contributed by atoms with van der Waals surface area (Å²) in [4.78, 5) is 55.3. The zero-order chi connectivity index (χ0) is 26.2. The van der Waals surface area contributed by atoms with Crippen LogP contribution in [0, 0.1) is 29.4 Å². The molecule has 2 heterocycles. The van der Waals surface area contributed by atoms with Crippen molar-refractivity contribution in [1.29, 1.82) is 0 Å². The van der Waals surface area contributed by atoms with E-state index < -0.39 is 34.2 Å². The van der Waals surface area contributed by atoms with Crippen molar-refractivity contribution in [2.45, 2.75) is 65.8 Å². The number of benzene rings is 2. The number of nitrogens with one attached hydrogen (secondary N) is 1. The van der Waals surface area contributed by atoms with Crippen LogP contribution in [-0.4, -0.2) is 35.4 Å². The molecule has 0 aromatic heterocycles. The number of nitro benzene ring substituents is 1. The Morgan fingerprint density at radius 2 is 1.78 bits per heavy atom. The summed E-state index contributed by atoms with van der Waals surface area (Å²) in [5, 5.41) is 14.0. The smallest absolute Gasteiger partial charge is 0.335 e. The minimum absolute atomic E-state index is 0.0172. The molecule has 4 rings (SSSR count). The van der Waals surface area contributed by atoms with Gasteiger partial charge in [0.25, 0.3) is 11.6 Å². The number of hydrogen-bond acceptors (Lipinski definition) is 6. The third kappa shape index (κ3) is 4.02. The Hall–Kier alpha value is -3.75. The molecule has 2 unspecified atom stereocenters. The zero-order valence-electron chi connectivity index (χ0n) is 21.2. The molecule has 4 amide bonds. The molecular formula is C27H32N4O5. The normalized spacial score (nSPS) is 21.6. The van der Waals surface area contributed by atoms with Crippen LogP contribution in [0.5, 0.6) is 0 Å². The lowest BCUT2D eigenvalue weighted by molar-refractivity contribution is -0.384. The van der Waals surface area contributed by atoms with Gasteiger partial charge in [-0.05, 0) is 49.9 Å². The number of aryl methyl sites for hydroxylation is 2. The molecule has 2 atom stereocenters. The van der Waals surface area contributed by atoms with E-state index in [1.54, 1.807) is 12.1 Å². The van der Waals surface area contributed by atoms with E-state index in [1.165, 1.54) is 12.1 Å². The maximum absolute atomic E-state index is 14.4. The number of nitro groups is 1. The van der Waals surface area contributed by atoms with Gasteiger partial charge in [-0.3, -0.25) is 25.0 Å². The molecule has 2 aromatic carbocycles. The molecule has 1 N–H and O–H groups in total. The third-order valence-electron chi connectivity index (χ3n) is 7.32. The highest BCUT2D eigenvalue weighted by molar-refractivity contribution is 6.31. The number of nitrogens with zero attached hydrogens (tertiary/aromatic N) is 3. The summed E-state index contributed by atoms with van der Waals surface area (Å²) < 4.78 is 0. The third-order valence-corrected chi connectivity index (χ3v) is 7.32. The van der Waals surface area contributed by atoms with Crippen molar-refractivity contribution in [3.63, 3.8) is 0 Å². The van der Waals surface area contributed by atoms with Crippen molar-refractivity contribution >= 4 is 34.9 Å². The standard InChI is InChI=1S/C27H32N4O5/c1-5-7-13-29-22-12-10-20(31(35)36)15-19(22)16-27(23(29)8-6-2)24(32)28-26(34)30(25(27)33)21-11-9-17(3)14-18(21)4/h9-12,14-15,23H,5-8,13,16H2,1-4H3,(H,28,32,34). The van der Waals surface area contributed by atoms with E-state index in [9.17, 15) is 24.5 Å². The number of unbranched alkanes of at least 4 members (excludes halogenated alkanes) is 1. The van der Waals surface area contributed by atoms with Crippen LogP contribution in [-0.2, 0) is 16.0 Å². The van der Waals surface area contributed by atoms with Crippen LogP contribution < -0.4 is 15.1 Å². The van der Waals surface area contributed by atoms with Crippen LogP contribution in [0.4, 0.5) is 21.9 Å². The minimum Gasteiger partial charge on any atom is -0.367 e. The Morgan fingerprint density at radius 3 is 2.42 bits per heavy atom. The fraction of sp³-hybridized carbons (Fsp3) is 0.444. The summed E-state index contributed by atoms with van der Waals surface area (Å²) in [6.07, 6.45) is 2.97. The minimum atomic E-state index is -1.60. The number of anilines is 2. The summed E-state index contributed by atoms with van der Waals surface area (Å²) in [5.74, 6) is -1.23. The Morgan fingerprint density at radius 1 is 1.06 bits per heavy atom. The van der Waals surface area contributed by atoms with Crippen molar-refractivity contribution in [2.24, 2.45) is 5.41 Å². The van der Waals surface area contributed by atoms with Gasteiger partial charge in [-0.25, -0.2) is 9.69 Å². The van der Waals surface area contributed by atoms with Crippen LogP contribution in [0.1, 0.15) is 56.2 Å². The number of hydrogen-bond donors (Lipinski definition) is 1. The average molecular weight is 493 g/mol. The Bertz CT molecular complexity index is 1240. The van der Waals surface area contributed by atoms with Gasteiger partial charge >= 0.3 is 6.03 Å². The largest absolute Gasteiger partial charge is 0.367 e. The maximum atomic E-state index is 14.4. The van der Waals surface area contributed by atoms with E-state index in [0.29, 0.717) is 24.2 Å². The second-order valence-electron chi connectivity index (χ2n) is 9.76. The highest BCUT2D eigenvalue weighted by Crippen LogP contribution is 2.47. The average Bonchev–Trinajstić information content (AvgIpc) is 2.83. The number of barbiturate groups is 1.